The maximum atomic E-state index is 9.33. The number of hydrogen-bond acceptors (Lipinski definition) is 4. The van der Waals surface area contributed by atoms with Crippen LogP contribution in [0.1, 0.15) is 4.88 Å². The Labute approximate surface area is 128 Å². The Balaban J connectivity index is 1.55. The number of piperazine rings is 1. The highest BCUT2D eigenvalue weighted by Gasteiger charge is 2.17. The summed E-state index contributed by atoms with van der Waals surface area (Å²) in [5.41, 5.74) is 1.18. The Kier molecular flexibility index (Phi) is 4.15. The summed E-state index contributed by atoms with van der Waals surface area (Å²) in [4.78, 5) is 6.14. The molecule has 0 bridgehead atoms. The number of thiophene rings is 1. The molecule has 1 aliphatic heterocycles. The van der Waals surface area contributed by atoms with Crippen LogP contribution < -0.4 is 4.90 Å². The summed E-state index contributed by atoms with van der Waals surface area (Å²) in [6.45, 7) is 5.13. The first-order valence-electron chi connectivity index (χ1n) is 6.71. The zero-order valence-corrected chi connectivity index (χ0v) is 12.7. The molecule has 0 amide bonds. The van der Waals surface area contributed by atoms with Gasteiger partial charge in [0, 0.05) is 43.3 Å². The molecule has 0 spiro atoms. The summed E-state index contributed by atoms with van der Waals surface area (Å²) in [5.74, 6) is 0.321. The van der Waals surface area contributed by atoms with E-state index in [2.05, 4.69) is 15.9 Å². The first kappa shape index (κ1) is 13.7. The van der Waals surface area contributed by atoms with Crippen molar-refractivity contribution in [3.63, 3.8) is 0 Å². The molecule has 1 fully saturated rings. The van der Waals surface area contributed by atoms with Crippen LogP contribution >= 0.6 is 22.9 Å². The van der Waals surface area contributed by atoms with Crippen LogP contribution in [0.25, 0.3) is 0 Å². The van der Waals surface area contributed by atoms with Gasteiger partial charge in [-0.1, -0.05) is 11.6 Å². The summed E-state index contributed by atoms with van der Waals surface area (Å²) >= 11 is 7.63. The zero-order valence-electron chi connectivity index (χ0n) is 11.1. The molecule has 1 aromatic carbocycles. The Morgan fingerprint density at radius 3 is 2.30 bits per heavy atom. The van der Waals surface area contributed by atoms with Gasteiger partial charge in [0.2, 0.25) is 0 Å². The second kappa shape index (κ2) is 6.04. The first-order valence-corrected chi connectivity index (χ1v) is 7.91. The summed E-state index contributed by atoms with van der Waals surface area (Å²) < 4.78 is 0.864. The van der Waals surface area contributed by atoms with Crippen LogP contribution in [-0.2, 0) is 6.54 Å². The van der Waals surface area contributed by atoms with Gasteiger partial charge in [-0.25, -0.2) is 0 Å². The predicted octanol–water partition coefficient (Wildman–Crippen LogP) is 3.43. The minimum Gasteiger partial charge on any atom is -0.508 e. The number of rotatable bonds is 3. The molecular weight excluding hydrogens is 292 g/mol. The largest absolute Gasteiger partial charge is 0.508 e. The van der Waals surface area contributed by atoms with Gasteiger partial charge in [-0.15, -0.1) is 11.3 Å². The number of aromatic hydroxyl groups is 1. The normalized spacial score (nSPS) is 16.6. The topological polar surface area (TPSA) is 26.7 Å². The lowest BCUT2D eigenvalue weighted by atomic mass is 10.2. The quantitative estimate of drug-likeness (QED) is 0.941. The molecule has 1 aliphatic rings. The number of phenols is 1. The third-order valence-electron chi connectivity index (χ3n) is 3.60. The van der Waals surface area contributed by atoms with E-state index in [9.17, 15) is 5.11 Å². The molecule has 0 unspecified atom stereocenters. The van der Waals surface area contributed by atoms with Crippen LogP contribution in [0.5, 0.6) is 5.75 Å². The van der Waals surface area contributed by atoms with Crippen molar-refractivity contribution < 1.29 is 5.11 Å². The van der Waals surface area contributed by atoms with Crippen LogP contribution in [0.4, 0.5) is 5.69 Å². The smallest absolute Gasteiger partial charge is 0.115 e. The van der Waals surface area contributed by atoms with Gasteiger partial charge < -0.3 is 10.0 Å². The predicted molar refractivity (Wildman–Crippen MR) is 84.9 cm³/mol. The highest BCUT2D eigenvalue weighted by atomic mass is 35.5. The summed E-state index contributed by atoms with van der Waals surface area (Å²) in [6.07, 6.45) is 0. The standard InChI is InChI=1S/C15H17ClN2OS/c16-15-6-5-14(20-15)11-17-7-9-18(10-8-17)12-1-3-13(19)4-2-12/h1-6,19H,7-11H2. The van der Waals surface area contributed by atoms with E-state index in [1.165, 1.54) is 10.6 Å². The maximum absolute atomic E-state index is 9.33. The van der Waals surface area contributed by atoms with Crippen molar-refractivity contribution in [1.29, 1.82) is 0 Å². The van der Waals surface area contributed by atoms with E-state index in [4.69, 9.17) is 11.6 Å². The SMILES string of the molecule is Oc1ccc(N2CCN(Cc3ccc(Cl)s3)CC2)cc1. The van der Waals surface area contributed by atoms with Crippen molar-refractivity contribution in [3.05, 3.63) is 45.6 Å². The lowest BCUT2D eigenvalue weighted by Crippen LogP contribution is -2.45. The summed E-state index contributed by atoms with van der Waals surface area (Å²) in [7, 11) is 0. The van der Waals surface area contributed by atoms with Crippen molar-refractivity contribution >= 4 is 28.6 Å². The number of nitrogens with zero attached hydrogens (tertiary/aromatic N) is 2. The fraction of sp³-hybridized carbons (Fsp3) is 0.333. The molecule has 0 atom stereocenters. The first-order chi connectivity index (χ1) is 9.70. The van der Waals surface area contributed by atoms with Crippen LogP contribution in [0, 0.1) is 0 Å². The van der Waals surface area contributed by atoms with Gasteiger partial charge in [-0.05, 0) is 36.4 Å². The molecule has 0 radical (unpaired) electrons. The Hall–Kier alpha value is -1.23. The van der Waals surface area contributed by atoms with Crippen LogP contribution in [0.15, 0.2) is 36.4 Å². The molecule has 0 aliphatic carbocycles. The lowest BCUT2D eigenvalue weighted by Gasteiger charge is -2.35. The van der Waals surface area contributed by atoms with Gasteiger partial charge >= 0.3 is 0 Å². The molecule has 3 nitrogen and oxygen atoms in total. The third-order valence-corrected chi connectivity index (χ3v) is 4.81. The number of benzene rings is 1. The number of halogens is 1. The van der Waals surface area contributed by atoms with Gasteiger partial charge in [0.05, 0.1) is 4.34 Å². The van der Waals surface area contributed by atoms with E-state index < -0.39 is 0 Å². The number of hydrogen-bond donors (Lipinski definition) is 1. The molecular formula is C15H17ClN2OS. The third kappa shape index (κ3) is 3.26. The minimum absolute atomic E-state index is 0.321. The summed E-state index contributed by atoms with van der Waals surface area (Å²) in [6, 6.07) is 11.5. The van der Waals surface area contributed by atoms with Gasteiger partial charge in [-0.3, -0.25) is 4.90 Å². The molecule has 1 aromatic heterocycles. The van der Waals surface area contributed by atoms with Crippen molar-refractivity contribution in [2.24, 2.45) is 0 Å². The molecule has 2 heterocycles. The summed E-state index contributed by atoms with van der Waals surface area (Å²) in [5, 5.41) is 9.33. The van der Waals surface area contributed by atoms with Crippen LogP contribution in [0.3, 0.4) is 0 Å². The molecule has 2 aromatic rings. The van der Waals surface area contributed by atoms with Crippen molar-refractivity contribution in [1.82, 2.24) is 4.90 Å². The van der Waals surface area contributed by atoms with Gasteiger partial charge in [0.25, 0.3) is 0 Å². The zero-order chi connectivity index (χ0) is 13.9. The minimum atomic E-state index is 0.321. The van der Waals surface area contributed by atoms with E-state index in [-0.39, 0.29) is 0 Å². The second-order valence-corrected chi connectivity index (χ2v) is 6.79. The molecule has 20 heavy (non-hydrogen) atoms. The molecule has 0 saturated carbocycles. The number of anilines is 1. The van der Waals surface area contributed by atoms with Gasteiger partial charge in [0.1, 0.15) is 5.75 Å². The van der Waals surface area contributed by atoms with E-state index in [0.717, 1.165) is 37.1 Å². The number of phenolic OH excluding ortho intramolecular Hbond substituents is 1. The Morgan fingerprint density at radius 1 is 1.00 bits per heavy atom. The van der Waals surface area contributed by atoms with Gasteiger partial charge in [-0.2, -0.15) is 0 Å². The fourth-order valence-electron chi connectivity index (χ4n) is 2.48. The fourth-order valence-corrected chi connectivity index (χ4v) is 3.61. The maximum Gasteiger partial charge on any atom is 0.115 e. The van der Waals surface area contributed by atoms with Crippen molar-refractivity contribution in [2.75, 3.05) is 31.1 Å². The lowest BCUT2D eigenvalue weighted by molar-refractivity contribution is 0.252. The van der Waals surface area contributed by atoms with E-state index >= 15 is 0 Å². The second-order valence-electron chi connectivity index (χ2n) is 4.99. The highest BCUT2D eigenvalue weighted by Crippen LogP contribution is 2.24. The van der Waals surface area contributed by atoms with Crippen LogP contribution in [0.2, 0.25) is 4.34 Å². The average Bonchev–Trinajstić information content (AvgIpc) is 2.86. The Morgan fingerprint density at radius 2 is 1.70 bits per heavy atom. The molecule has 3 rings (SSSR count). The van der Waals surface area contributed by atoms with Crippen molar-refractivity contribution in [3.8, 4) is 5.75 Å². The monoisotopic (exact) mass is 308 g/mol. The molecule has 1 saturated heterocycles. The van der Waals surface area contributed by atoms with Crippen LogP contribution in [-0.4, -0.2) is 36.2 Å². The van der Waals surface area contributed by atoms with E-state index in [1.807, 2.05) is 18.2 Å². The molecule has 1 N–H and O–H groups in total. The van der Waals surface area contributed by atoms with Gasteiger partial charge in [0.15, 0.2) is 0 Å². The van der Waals surface area contributed by atoms with E-state index in [0.29, 0.717) is 5.75 Å². The van der Waals surface area contributed by atoms with Crippen molar-refractivity contribution in [2.45, 2.75) is 6.54 Å². The van der Waals surface area contributed by atoms with E-state index in [1.54, 1.807) is 23.5 Å². The average molecular weight is 309 g/mol. The molecule has 5 heteroatoms. The molecule has 106 valence electrons. The highest BCUT2D eigenvalue weighted by molar-refractivity contribution is 7.16. The Bertz CT molecular complexity index is 562.